The molecule has 0 bridgehead atoms. The molecular formula is C15H16N2O3S. The lowest BCUT2D eigenvalue weighted by Crippen LogP contribution is -1.97. The number of anilines is 1. The Labute approximate surface area is 127 Å². The van der Waals surface area contributed by atoms with Gasteiger partial charge in [0.05, 0.1) is 26.0 Å². The summed E-state index contributed by atoms with van der Waals surface area (Å²) in [6.45, 7) is 1.37. The zero-order valence-electron chi connectivity index (χ0n) is 11.7. The molecule has 110 valence electrons. The minimum Gasteiger partial charge on any atom is -0.490 e. The highest BCUT2D eigenvalue weighted by molar-refractivity contribution is 7.99. The summed E-state index contributed by atoms with van der Waals surface area (Å²) in [5, 5.41) is 0.815. The van der Waals surface area contributed by atoms with E-state index in [1.54, 1.807) is 13.2 Å². The quantitative estimate of drug-likeness (QED) is 0.940. The zero-order chi connectivity index (χ0) is 14.7. The number of nitrogens with two attached hydrogens (primary N) is 1. The molecule has 0 saturated carbocycles. The lowest BCUT2D eigenvalue weighted by molar-refractivity contribution is 0.297. The van der Waals surface area contributed by atoms with Crippen LogP contribution in [0, 0.1) is 0 Å². The molecule has 1 aromatic carbocycles. The van der Waals surface area contributed by atoms with Gasteiger partial charge in [0.25, 0.3) is 0 Å². The average molecular weight is 304 g/mol. The smallest absolute Gasteiger partial charge is 0.237 e. The molecule has 5 nitrogen and oxygen atoms in total. The van der Waals surface area contributed by atoms with Crippen LogP contribution in [-0.4, -0.2) is 25.3 Å². The van der Waals surface area contributed by atoms with Crippen molar-refractivity contribution in [2.24, 2.45) is 0 Å². The molecule has 1 aromatic heterocycles. The van der Waals surface area contributed by atoms with Crippen LogP contribution < -0.4 is 19.9 Å². The second-order valence-corrected chi connectivity index (χ2v) is 5.60. The summed E-state index contributed by atoms with van der Waals surface area (Å²) < 4.78 is 16.4. The molecule has 2 heterocycles. The third kappa shape index (κ3) is 3.16. The van der Waals surface area contributed by atoms with Crippen molar-refractivity contribution in [3.05, 3.63) is 30.3 Å². The van der Waals surface area contributed by atoms with Crippen molar-refractivity contribution in [1.82, 2.24) is 4.98 Å². The minimum absolute atomic E-state index is 0.439. The van der Waals surface area contributed by atoms with E-state index < -0.39 is 0 Å². The summed E-state index contributed by atoms with van der Waals surface area (Å²) in [7, 11) is 1.56. The fraction of sp³-hybridized carbons (Fsp3) is 0.267. The first-order valence-electron chi connectivity index (χ1n) is 6.64. The van der Waals surface area contributed by atoms with Crippen LogP contribution in [0.4, 0.5) is 5.69 Å². The Morgan fingerprint density at radius 1 is 1.14 bits per heavy atom. The van der Waals surface area contributed by atoms with Crippen molar-refractivity contribution < 1.29 is 14.2 Å². The molecule has 0 radical (unpaired) electrons. The molecule has 21 heavy (non-hydrogen) atoms. The Morgan fingerprint density at radius 2 is 1.95 bits per heavy atom. The van der Waals surface area contributed by atoms with Gasteiger partial charge in [-0.3, -0.25) is 0 Å². The maximum absolute atomic E-state index is 5.77. The van der Waals surface area contributed by atoms with Crippen molar-refractivity contribution in [2.45, 2.75) is 16.3 Å². The van der Waals surface area contributed by atoms with Gasteiger partial charge >= 0.3 is 0 Å². The molecule has 2 aromatic rings. The zero-order valence-corrected chi connectivity index (χ0v) is 12.5. The first-order chi connectivity index (χ1) is 10.3. The highest BCUT2D eigenvalue weighted by atomic mass is 32.2. The molecule has 0 saturated heterocycles. The molecule has 0 fully saturated rings. The van der Waals surface area contributed by atoms with E-state index in [9.17, 15) is 0 Å². The van der Waals surface area contributed by atoms with Gasteiger partial charge in [-0.1, -0.05) is 11.8 Å². The molecule has 0 aliphatic carbocycles. The van der Waals surface area contributed by atoms with E-state index in [4.69, 9.17) is 19.9 Å². The molecule has 0 atom stereocenters. The van der Waals surface area contributed by atoms with Crippen molar-refractivity contribution in [3.63, 3.8) is 0 Å². The SMILES string of the molecule is COc1nc(Sc2ccc3c(c2)OCCCO3)ccc1N. The molecule has 2 N–H and O–H groups in total. The normalized spacial score (nSPS) is 13.6. The van der Waals surface area contributed by atoms with Gasteiger partial charge < -0.3 is 19.9 Å². The van der Waals surface area contributed by atoms with Crippen LogP contribution in [-0.2, 0) is 0 Å². The number of fused-ring (bicyclic) bond motifs is 1. The number of aromatic nitrogens is 1. The van der Waals surface area contributed by atoms with Crippen molar-refractivity contribution in [2.75, 3.05) is 26.1 Å². The molecule has 1 aliphatic heterocycles. The summed E-state index contributed by atoms with van der Waals surface area (Å²) in [5.41, 5.74) is 6.30. The van der Waals surface area contributed by atoms with Gasteiger partial charge in [-0.05, 0) is 30.3 Å². The monoisotopic (exact) mass is 304 g/mol. The van der Waals surface area contributed by atoms with E-state index in [1.165, 1.54) is 11.8 Å². The van der Waals surface area contributed by atoms with E-state index in [0.717, 1.165) is 27.8 Å². The van der Waals surface area contributed by atoms with E-state index in [2.05, 4.69) is 4.98 Å². The Kier molecular flexibility index (Phi) is 4.06. The lowest BCUT2D eigenvalue weighted by atomic mass is 10.3. The average Bonchev–Trinajstić information content (AvgIpc) is 2.74. The Morgan fingerprint density at radius 3 is 2.76 bits per heavy atom. The summed E-state index contributed by atoms with van der Waals surface area (Å²) in [6, 6.07) is 9.54. The van der Waals surface area contributed by atoms with Crippen LogP contribution in [0.25, 0.3) is 0 Å². The molecule has 1 aliphatic rings. The van der Waals surface area contributed by atoms with Crippen LogP contribution >= 0.6 is 11.8 Å². The summed E-state index contributed by atoms with van der Waals surface area (Å²) in [4.78, 5) is 5.39. The number of nitrogens with zero attached hydrogens (tertiary/aromatic N) is 1. The summed E-state index contributed by atoms with van der Waals surface area (Å²) in [6.07, 6.45) is 0.897. The maximum Gasteiger partial charge on any atom is 0.237 e. The Balaban J connectivity index is 1.83. The Hall–Kier alpha value is -2.08. The van der Waals surface area contributed by atoms with E-state index in [1.807, 2.05) is 24.3 Å². The first-order valence-corrected chi connectivity index (χ1v) is 7.46. The number of rotatable bonds is 3. The highest BCUT2D eigenvalue weighted by Crippen LogP contribution is 2.36. The maximum atomic E-state index is 5.77. The van der Waals surface area contributed by atoms with Gasteiger partial charge in [0.2, 0.25) is 5.88 Å². The molecular weight excluding hydrogens is 288 g/mol. The third-order valence-electron chi connectivity index (χ3n) is 3.00. The second kappa shape index (κ2) is 6.13. The van der Waals surface area contributed by atoms with Crippen molar-refractivity contribution in [1.29, 1.82) is 0 Å². The van der Waals surface area contributed by atoms with Crippen molar-refractivity contribution >= 4 is 17.4 Å². The number of hydrogen-bond acceptors (Lipinski definition) is 6. The van der Waals surface area contributed by atoms with Crippen LogP contribution in [0.2, 0.25) is 0 Å². The van der Waals surface area contributed by atoms with Gasteiger partial charge in [0.15, 0.2) is 11.5 Å². The topological polar surface area (TPSA) is 66.6 Å². The number of pyridine rings is 1. The fourth-order valence-corrected chi connectivity index (χ4v) is 2.79. The molecule has 6 heteroatoms. The van der Waals surface area contributed by atoms with E-state index in [0.29, 0.717) is 24.8 Å². The largest absolute Gasteiger partial charge is 0.490 e. The molecule has 3 rings (SSSR count). The molecule has 0 spiro atoms. The molecule has 0 unspecified atom stereocenters. The third-order valence-corrected chi connectivity index (χ3v) is 3.93. The number of benzene rings is 1. The fourth-order valence-electron chi connectivity index (χ4n) is 1.98. The Bertz CT molecular complexity index is 649. The van der Waals surface area contributed by atoms with E-state index >= 15 is 0 Å². The summed E-state index contributed by atoms with van der Waals surface area (Å²) in [5.74, 6) is 2.01. The predicted octanol–water partition coefficient (Wildman–Crippen LogP) is 2.98. The number of ether oxygens (including phenoxy) is 3. The highest BCUT2D eigenvalue weighted by Gasteiger charge is 2.12. The van der Waals surface area contributed by atoms with Gasteiger partial charge in [-0.25, -0.2) is 4.98 Å². The first kappa shape index (κ1) is 13.9. The molecule has 0 amide bonds. The van der Waals surface area contributed by atoms with Gasteiger partial charge in [-0.2, -0.15) is 0 Å². The summed E-state index contributed by atoms with van der Waals surface area (Å²) >= 11 is 1.52. The lowest BCUT2D eigenvalue weighted by Gasteiger charge is -2.09. The van der Waals surface area contributed by atoms with Crippen LogP contribution in [0.3, 0.4) is 0 Å². The van der Waals surface area contributed by atoms with Gasteiger partial charge in [0, 0.05) is 11.3 Å². The van der Waals surface area contributed by atoms with Gasteiger partial charge in [0.1, 0.15) is 5.03 Å². The minimum atomic E-state index is 0.439. The number of hydrogen-bond donors (Lipinski definition) is 1. The number of nitrogen functional groups attached to an aromatic ring is 1. The van der Waals surface area contributed by atoms with Crippen LogP contribution in [0.5, 0.6) is 17.4 Å². The predicted molar refractivity (Wildman–Crippen MR) is 81.4 cm³/mol. The second-order valence-electron chi connectivity index (χ2n) is 4.51. The van der Waals surface area contributed by atoms with Crippen LogP contribution in [0.15, 0.2) is 40.3 Å². The van der Waals surface area contributed by atoms with Gasteiger partial charge in [-0.15, -0.1) is 0 Å². The van der Waals surface area contributed by atoms with E-state index in [-0.39, 0.29) is 0 Å². The van der Waals surface area contributed by atoms with Crippen LogP contribution in [0.1, 0.15) is 6.42 Å². The number of methoxy groups -OCH3 is 1. The van der Waals surface area contributed by atoms with Crippen molar-refractivity contribution in [3.8, 4) is 17.4 Å². The standard InChI is InChI=1S/C15H16N2O3S/c1-18-15-11(16)4-6-14(17-15)21-10-3-5-12-13(9-10)20-8-2-7-19-12/h3-6,9H,2,7-8,16H2,1H3.